The van der Waals surface area contributed by atoms with Gasteiger partial charge in [-0.1, -0.05) is 131 Å². The summed E-state index contributed by atoms with van der Waals surface area (Å²) in [6.45, 7) is 14.2. The van der Waals surface area contributed by atoms with Crippen molar-refractivity contribution < 1.29 is 19.1 Å². The molecule has 0 bridgehead atoms. The molecule has 220 valence electrons. The smallest absolute Gasteiger partial charge is 0.308 e. The maximum Gasteiger partial charge on any atom is 0.308 e. The topological polar surface area (TPSA) is 52.6 Å². The van der Waals surface area contributed by atoms with Crippen molar-refractivity contribution in [3.63, 3.8) is 0 Å². The molecular weight excluding hydrogens is 460 g/mol. The number of esters is 2. The van der Waals surface area contributed by atoms with E-state index in [1.54, 1.807) is 0 Å². The Morgan fingerprint density at radius 3 is 1.51 bits per heavy atom. The standard InChI is InChI=1S/C33H64O4/c1-7-11-23-30(9-3)26-36-32(34)25-21-19-17-15-13-14-16-18-20-22-28(5)29(6)33(35)37-27-31(10-4)24-12-8-2/h28-31H,7-27H2,1-6H3. The molecule has 0 aliphatic carbocycles. The molecule has 0 aromatic rings. The third-order valence-electron chi connectivity index (χ3n) is 8.29. The Balaban J connectivity index is 3.67. The lowest BCUT2D eigenvalue weighted by Gasteiger charge is -2.21. The van der Waals surface area contributed by atoms with E-state index in [0.29, 0.717) is 37.4 Å². The van der Waals surface area contributed by atoms with Crippen molar-refractivity contribution in [1.82, 2.24) is 0 Å². The SMILES string of the molecule is CCCCC(CC)COC(=O)CCCCCCCCCCCC(C)C(C)C(=O)OCC(CC)CCCC. The van der Waals surface area contributed by atoms with E-state index in [9.17, 15) is 9.59 Å². The molecule has 0 N–H and O–H groups in total. The highest BCUT2D eigenvalue weighted by atomic mass is 16.5. The minimum atomic E-state index is -0.0103. The van der Waals surface area contributed by atoms with Gasteiger partial charge < -0.3 is 9.47 Å². The van der Waals surface area contributed by atoms with E-state index in [4.69, 9.17) is 9.47 Å². The van der Waals surface area contributed by atoms with Crippen molar-refractivity contribution in [1.29, 1.82) is 0 Å². The molecule has 0 heterocycles. The Hall–Kier alpha value is -1.06. The molecule has 0 aliphatic rings. The molecule has 0 saturated heterocycles. The van der Waals surface area contributed by atoms with Crippen molar-refractivity contribution in [3.8, 4) is 0 Å². The number of rotatable bonds is 26. The predicted octanol–water partition coefficient (Wildman–Crippen LogP) is 10.1. The molecule has 0 fully saturated rings. The van der Waals surface area contributed by atoms with Gasteiger partial charge in [-0.05, 0) is 43.4 Å². The molecule has 0 aliphatic heterocycles. The Labute approximate surface area is 231 Å². The predicted molar refractivity (Wildman–Crippen MR) is 158 cm³/mol. The molecule has 0 rings (SSSR count). The van der Waals surface area contributed by atoms with Crippen LogP contribution in [0.1, 0.15) is 164 Å². The summed E-state index contributed by atoms with van der Waals surface area (Å²) >= 11 is 0. The van der Waals surface area contributed by atoms with E-state index in [1.807, 2.05) is 6.92 Å². The monoisotopic (exact) mass is 524 g/mol. The van der Waals surface area contributed by atoms with Gasteiger partial charge in [0.25, 0.3) is 0 Å². The third-order valence-corrected chi connectivity index (χ3v) is 8.29. The van der Waals surface area contributed by atoms with E-state index in [0.717, 1.165) is 38.5 Å². The summed E-state index contributed by atoms with van der Waals surface area (Å²) in [5.74, 6) is 1.42. The molecule has 4 heteroatoms. The molecule has 4 nitrogen and oxygen atoms in total. The van der Waals surface area contributed by atoms with Crippen molar-refractivity contribution in [2.75, 3.05) is 13.2 Å². The van der Waals surface area contributed by atoms with Crippen LogP contribution in [0.4, 0.5) is 0 Å². The molecule has 4 atom stereocenters. The van der Waals surface area contributed by atoms with Crippen LogP contribution in [0.5, 0.6) is 0 Å². The van der Waals surface area contributed by atoms with Crippen LogP contribution in [-0.2, 0) is 19.1 Å². The Morgan fingerprint density at radius 1 is 0.568 bits per heavy atom. The van der Waals surface area contributed by atoms with Crippen molar-refractivity contribution in [2.45, 2.75) is 164 Å². The first-order valence-corrected chi connectivity index (χ1v) is 16.2. The number of ether oxygens (including phenoxy) is 2. The van der Waals surface area contributed by atoms with Gasteiger partial charge in [0.1, 0.15) is 0 Å². The maximum atomic E-state index is 12.5. The molecule has 0 aromatic heterocycles. The largest absolute Gasteiger partial charge is 0.465 e. The van der Waals surface area contributed by atoms with E-state index in [2.05, 4.69) is 34.6 Å². The van der Waals surface area contributed by atoms with Crippen molar-refractivity contribution >= 4 is 11.9 Å². The number of carbonyl (C=O) groups is 2. The summed E-state index contributed by atoms with van der Waals surface area (Å²) < 4.78 is 11.2. The fourth-order valence-electron chi connectivity index (χ4n) is 4.87. The molecule has 4 unspecified atom stereocenters. The number of carbonyl (C=O) groups excluding carboxylic acids is 2. The Bertz CT molecular complexity index is 532. The summed E-state index contributed by atoms with van der Waals surface area (Å²) in [4.78, 5) is 24.4. The van der Waals surface area contributed by atoms with Crippen LogP contribution in [0.15, 0.2) is 0 Å². The third kappa shape index (κ3) is 20.6. The molecule has 0 aromatic carbocycles. The summed E-state index contributed by atoms with van der Waals surface area (Å²) in [5, 5.41) is 0. The summed E-state index contributed by atoms with van der Waals surface area (Å²) in [6, 6.07) is 0. The summed E-state index contributed by atoms with van der Waals surface area (Å²) in [7, 11) is 0. The highest BCUT2D eigenvalue weighted by Crippen LogP contribution is 2.22. The van der Waals surface area contributed by atoms with Gasteiger partial charge >= 0.3 is 11.9 Å². The molecule has 0 saturated carbocycles. The highest BCUT2D eigenvalue weighted by molar-refractivity contribution is 5.72. The van der Waals surface area contributed by atoms with Crippen LogP contribution in [0.3, 0.4) is 0 Å². The van der Waals surface area contributed by atoms with Crippen LogP contribution in [0.2, 0.25) is 0 Å². The van der Waals surface area contributed by atoms with Crippen LogP contribution in [0, 0.1) is 23.7 Å². The van der Waals surface area contributed by atoms with Gasteiger partial charge in [-0.2, -0.15) is 0 Å². The quantitative estimate of drug-likeness (QED) is 0.0834. The van der Waals surface area contributed by atoms with Crippen molar-refractivity contribution in [3.05, 3.63) is 0 Å². The fourth-order valence-corrected chi connectivity index (χ4v) is 4.87. The number of hydrogen-bond donors (Lipinski definition) is 0. The molecule has 0 radical (unpaired) electrons. The molecule has 0 spiro atoms. The van der Waals surface area contributed by atoms with Gasteiger partial charge in [0.05, 0.1) is 19.1 Å². The summed E-state index contributed by atoms with van der Waals surface area (Å²) in [5.41, 5.74) is 0. The van der Waals surface area contributed by atoms with Crippen molar-refractivity contribution in [2.24, 2.45) is 23.7 Å². The first-order chi connectivity index (χ1) is 17.9. The second kappa shape index (κ2) is 25.2. The number of unbranched alkanes of at least 4 members (excludes halogenated alkanes) is 10. The Kier molecular flexibility index (Phi) is 24.5. The van der Waals surface area contributed by atoms with Crippen LogP contribution < -0.4 is 0 Å². The Morgan fingerprint density at radius 2 is 1.03 bits per heavy atom. The van der Waals surface area contributed by atoms with Gasteiger partial charge in [-0.25, -0.2) is 0 Å². The normalized spacial score (nSPS) is 14.6. The summed E-state index contributed by atoms with van der Waals surface area (Å²) in [6.07, 6.45) is 21.9. The van der Waals surface area contributed by atoms with Gasteiger partial charge in [0.15, 0.2) is 0 Å². The van der Waals surface area contributed by atoms with E-state index in [-0.39, 0.29) is 17.9 Å². The second-order valence-corrected chi connectivity index (χ2v) is 11.6. The van der Waals surface area contributed by atoms with Gasteiger partial charge in [-0.15, -0.1) is 0 Å². The first kappa shape index (κ1) is 35.9. The van der Waals surface area contributed by atoms with Gasteiger partial charge in [-0.3, -0.25) is 9.59 Å². The minimum absolute atomic E-state index is 0.00454. The lowest BCUT2D eigenvalue weighted by atomic mass is 9.90. The van der Waals surface area contributed by atoms with Crippen LogP contribution in [0.25, 0.3) is 0 Å². The fraction of sp³-hybridized carbons (Fsp3) is 0.939. The van der Waals surface area contributed by atoms with Crippen LogP contribution >= 0.6 is 0 Å². The van der Waals surface area contributed by atoms with E-state index < -0.39 is 0 Å². The average molecular weight is 525 g/mol. The van der Waals surface area contributed by atoms with Gasteiger partial charge in [0.2, 0.25) is 0 Å². The maximum absolute atomic E-state index is 12.5. The van der Waals surface area contributed by atoms with E-state index in [1.165, 1.54) is 77.0 Å². The highest BCUT2D eigenvalue weighted by Gasteiger charge is 2.22. The zero-order valence-electron chi connectivity index (χ0n) is 25.8. The number of hydrogen-bond acceptors (Lipinski definition) is 4. The van der Waals surface area contributed by atoms with Crippen LogP contribution in [-0.4, -0.2) is 25.2 Å². The zero-order valence-corrected chi connectivity index (χ0v) is 25.8. The average Bonchev–Trinajstić information content (AvgIpc) is 2.91. The van der Waals surface area contributed by atoms with Gasteiger partial charge in [0, 0.05) is 6.42 Å². The molecular formula is C33H64O4. The zero-order chi connectivity index (χ0) is 27.7. The lowest BCUT2D eigenvalue weighted by molar-refractivity contribution is -0.151. The first-order valence-electron chi connectivity index (χ1n) is 16.2. The molecule has 37 heavy (non-hydrogen) atoms. The molecule has 0 amide bonds. The second-order valence-electron chi connectivity index (χ2n) is 11.6. The lowest BCUT2D eigenvalue weighted by Crippen LogP contribution is -2.24. The van der Waals surface area contributed by atoms with E-state index >= 15 is 0 Å². The minimum Gasteiger partial charge on any atom is -0.465 e.